The van der Waals surface area contributed by atoms with E-state index in [9.17, 15) is 23.4 Å². The molecule has 0 saturated heterocycles. The molecule has 2 aromatic heterocycles. The van der Waals surface area contributed by atoms with Crippen molar-refractivity contribution >= 4 is 10.9 Å². The molecule has 0 saturated carbocycles. The molecule has 0 unspecified atom stereocenters. The van der Waals surface area contributed by atoms with E-state index in [1.807, 2.05) is 0 Å². The second kappa shape index (κ2) is 6.81. The summed E-state index contributed by atoms with van der Waals surface area (Å²) in [6.45, 7) is -0.0364. The van der Waals surface area contributed by atoms with Gasteiger partial charge in [0.1, 0.15) is 17.5 Å². The van der Waals surface area contributed by atoms with Gasteiger partial charge in [-0.1, -0.05) is 12.1 Å². The number of fused-ring (bicyclic) bond motifs is 1. The predicted molar refractivity (Wildman–Crippen MR) is 96.7 cm³/mol. The Hall–Kier alpha value is -3.10. The first-order valence-corrected chi connectivity index (χ1v) is 8.45. The van der Waals surface area contributed by atoms with Gasteiger partial charge in [-0.15, -0.1) is 0 Å². The van der Waals surface area contributed by atoms with Gasteiger partial charge in [-0.3, -0.25) is 4.68 Å². The van der Waals surface area contributed by atoms with Crippen molar-refractivity contribution in [1.82, 2.24) is 14.3 Å². The predicted octanol–water partition coefficient (Wildman–Crippen LogP) is 3.49. The number of nitrogens with zero attached hydrogens (tertiary/aromatic N) is 3. The van der Waals surface area contributed by atoms with Crippen molar-refractivity contribution in [1.29, 1.82) is 0 Å². The molecule has 0 aliphatic carbocycles. The second-order valence-electron chi connectivity index (χ2n) is 6.58. The molecule has 0 atom stereocenters. The quantitative estimate of drug-likeness (QED) is 0.527. The Balaban J connectivity index is 1.76. The van der Waals surface area contributed by atoms with Gasteiger partial charge in [0.25, 0.3) is 0 Å². The molecule has 0 aliphatic rings. The van der Waals surface area contributed by atoms with Crippen LogP contribution in [0.25, 0.3) is 22.0 Å². The lowest BCUT2D eigenvalue weighted by Gasteiger charge is -2.08. The average Bonchev–Trinajstić information content (AvgIpc) is 3.21. The number of aliphatic hydroxyl groups is 2. The van der Waals surface area contributed by atoms with Crippen molar-refractivity contribution in [2.45, 2.75) is 12.8 Å². The number of hydrogen-bond donors (Lipinski definition) is 2. The maximum absolute atomic E-state index is 14.7. The van der Waals surface area contributed by atoms with Crippen molar-refractivity contribution < 1.29 is 23.4 Å². The van der Waals surface area contributed by atoms with Crippen molar-refractivity contribution in [3.8, 4) is 11.1 Å². The van der Waals surface area contributed by atoms with E-state index in [2.05, 4.69) is 5.10 Å². The van der Waals surface area contributed by atoms with E-state index < -0.39 is 23.7 Å². The number of aliphatic hydroxyl groups excluding tert-OH is 1. The van der Waals surface area contributed by atoms with E-state index in [4.69, 9.17) is 0 Å². The van der Waals surface area contributed by atoms with Gasteiger partial charge in [0.05, 0.1) is 18.3 Å². The second-order valence-corrected chi connectivity index (χ2v) is 6.58. The van der Waals surface area contributed by atoms with E-state index in [1.54, 1.807) is 36.3 Å². The van der Waals surface area contributed by atoms with Gasteiger partial charge < -0.3 is 14.8 Å². The van der Waals surface area contributed by atoms with Gasteiger partial charge in [-0.25, -0.2) is 13.2 Å². The highest BCUT2D eigenvalue weighted by atomic mass is 19.1. The zero-order valence-electron chi connectivity index (χ0n) is 14.8. The Bertz CT molecular complexity index is 1180. The van der Waals surface area contributed by atoms with Crippen LogP contribution >= 0.6 is 0 Å². The topological polar surface area (TPSA) is 63.2 Å². The van der Waals surface area contributed by atoms with Crippen LogP contribution in [0, 0.1) is 17.5 Å². The van der Waals surface area contributed by atoms with Crippen LogP contribution in [0.4, 0.5) is 13.2 Å². The van der Waals surface area contributed by atoms with E-state index in [1.165, 1.54) is 16.8 Å². The van der Waals surface area contributed by atoms with Crippen molar-refractivity contribution in [2.75, 3.05) is 0 Å². The Labute approximate surface area is 157 Å². The fourth-order valence-corrected chi connectivity index (χ4v) is 3.31. The lowest BCUT2D eigenvalue weighted by atomic mass is 10.1. The summed E-state index contributed by atoms with van der Waals surface area (Å²) in [5.41, 5.74) is 1.69. The molecule has 0 fully saturated rings. The molecular weight excluding hydrogens is 371 g/mol. The first kappa shape index (κ1) is 18.3. The number of aryl methyl sites for hydroxylation is 1. The molecule has 2 N–H and O–H groups in total. The molecule has 0 radical (unpaired) electrons. The molecule has 4 rings (SSSR count). The van der Waals surface area contributed by atoms with Crippen molar-refractivity contribution in [3.05, 3.63) is 77.5 Å². The highest BCUT2D eigenvalue weighted by molar-refractivity contribution is 5.85. The first-order chi connectivity index (χ1) is 13.3. The van der Waals surface area contributed by atoms with E-state index in [0.717, 1.165) is 11.6 Å². The third-order valence-electron chi connectivity index (χ3n) is 4.64. The summed E-state index contributed by atoms with van der Waals surface area (Å²) in [5, 5.41) is 23.0. The van der Waals surface area contributed by atoms with Crippen LogP contribution < -0.4 is 0 Å². The maximum atomic E-state index is 14.7. The van der Waals surface area contributed by atoms with Crippen LogP contribution in [-0.2, 0) is 13.6 Å². The molecule has 5 nitrogen and oxygen atoms in total. The average molecular weight is 387 g/mol. The number of hydrogen-bond acceptors (Lipinski definition) is 3. The summed E-state index contributed by atoms with van der Waals surface area (Å²) < 4.78 is 45.5. The Morgan fingerprint density at radius 3 is 2.43 bits per heavy atom. The summed E-state index contributed by atoms with van der Waals surface area (Å²) in [7, 11) is 1.76. The molecule has 0 aliphatic heterocycles. The van der Waals surface area contributed by atoms with Gasteiger partial charge in [-0.05, 0) is 17.7 Å². The van der Waals surface area contributed by atoms with Crippen molar-refractivity contribution in [3.63, 3.8) is 0 Å². The minimum Gasteiger partial charge on any atom is -0.364 e. The number of halogens is 3. The Morgan fingerprint density at radius 2 is 1.79 bits per heavy atom. The highest BCUT2D eigenvalue weighted by Gasteiger charge is 2.19. The molecule has 28 heavy (non-hydrogen) atoms. The summed E-state index contributed by atoms with van der Waals surface area (Å²) in [4.78, 5) is 0. The van der Waals surface area contributed by atoms with Crippen molar-refractivity contribution in [2.24, 2.45) is 7.05 Å². The smallest absolute Gasteiger partial charge is 0.180 e. The summed E-state index contributed by atoms with van der Waals surface area (Å²) >= 11 is 0. The highest BCUT2D eigenvalue weighted by Crippen LogP contribution is 2.30. The molecule has 4 aromatic rings. The summed E-state index contributed by atoms with van der Waals surface area (Å²) in [6, 6.07) is 6.41. The third kappa shape index (κ3) is 3.17. The summed E-state index contributed by atoms with van der Waals surface area (Å²) in [6.07, 6.45) is 2.72. The molecule has 0 spiro atoms. The molecule has 2 heterocycles. The Kier molecular flexibility index (Phi) is 4.44. The monoisotopic (exact) mass is 387 g/mol. The maximum Gasteiger partial charge on any atom is 0.180 e. The van der Waals surface area contributed by atoms with Crippen LogP contribution in [0.3, 0.4) is 0 Å². The largest absolute Gasteiger partial charge is 0.364 e. The van der Waals surface area contributed by atoms with Gasteiger partial charge in [0.15, 0.2) is 6.29 Å². The van der Waals surface area contributed by atoms with Crippen LogP contribution in [0.1, 0.15) is 17.4 Å². The zero-order chi connectivity index (χ0) is 20.0. The lowest BCUT2D eigenvalue weighted by Crippen LogP contribution is -2.01. The SMILES string of the molecule is Cn1cc(-c2ccc(Cn3cc(C(O)O)c4c(F)cc(F)cc43)c(F)c2)cn1. The molecular formula is C20H16F3N3O2. The van der Waals surface area contributed by atoms with Crippen LogP contribution in [0.15, 0.2) is 48.9 Å². The number of aromatic nitrogens is 3. The fourth-order valence-electron chi connectivity index (χ4n) is 3.31. The third-order valence-corrected chi connectivity index (χ3v) is 4.64. The van der Waals surface area contributed by atoms with Gasteiger partial charge in [0.2, 0.25) is 0 Å². The number of rotatable bonds is 4. The normalized spacial score (nSPS) is 11.7. The summed E-state index contributed by atoms with van der Waals surface area (Å²) in [5.74, 6) is -2.22. The molecule has 0 bridgehead atoms. The minimum absolute atomic E-state index is 0.0364. The number of benzene rings is 2. The van der Waals surface area contributed by atoms with Gasteiger partial charge in [-0.2, -0.15) is 5.10 Å². The first-order valence-electron chi connectivity index (χ1n) is 8.45. The van der Waals surface area contributed by atoms with Crippen LogP contribution in [-0.4, -0.2) is 24.6 Å². The fraction of sp³-hybridized carbons (Fsp3) is 0.150. The van der Waals surface area contributed by atoms with E-state index in [-0.39, 0.29) is 28.6 Å². The Morgan fingerprint density at radius 1 is 1.00 bits per heavy atom. The van der Waals surface area contributed by atoms with Gasteiger partial charge in [0, 0.05) is 47.6 Å². The zero-order valence-corrected chi connectivity index (χ0v) is 14.8. The lowest BCUT2D eigenvalue weighted by molar-refractivity contribution is -0.0415. The molecule has 0 amide bonds. The minimum atomic E-state index is -1.94. The van der Waals surface area contributed by atoms with Gasteiger partial charge >= 0.3 is 0 Å². The van der Waals surface area contributed by atoms with E-state index in [0.29, 0.717) is 11.6 Å². The molecule has 2 aromatic carbocycles. The molecule has 8 heteroatoms. The van der Waals surface area contributed by atoms with Crippen LogP contribution in [0.2, 0.25) is 0 Å². The standard InChI is InChI=1S/C20H16F3N3O2/c1-25-8-13(7-24-25)11-2-3-12(16(22)4-11)9-26-10-15(20(27)28)19-17(23)5-14(21)6-18(19)26/h2-8,10,20,27-28H,9H2,1H3. The van der Waals surface area contributed by atoms with E-state index >= 15 is 0 Å². The molecule has 144 valence electrons. The van der Waals surface area contributed by atoms with Crippen LogP contribution in [0.5, 0.6) is 0 Å².